The van der Waals surface area contributed by atoms with Crippen LogP contribution in [0.3, 0.4) is 0 Å². The van der Waals surface area contributed by atoms with Gasteiger partial charge in [-0.1, -0.05) is 18.2 Å². The zero-order valence-corrected chi connectivity index (χ0v) is 10.4. The molecule has 5 nitrogen and oxygen atoms in total. The Morgan fingerprint density at radius 3 is 2.78 bits per heavy atom. The predicted molar refractivity (Wildman–Crippen MR) is 68.2 cm³/mol. The first kappa shape index (κ1) is 12.6. The van der Waals surface area contributed by atoms with Gasteiger partial charge in [-0.25, -0.2) is 0 Å². The van der Waals surface area contributed by atoms with Crippen LogP contribution in [-0.2, 0) is 9.59 Å². The first-order valence-corrected chi connectivity index (χ1v) is 6.14. The Balaban J connectivity index is 1.94. The molecule has 5 heteroatoms. The molecule has 0 aromatic heterocycles. The monoisotopic (exact) mass is 248 g/mol. The standard InChI is InChI=1S/C13H17N3O2/c1-10(16-8-7-14-12(17)9-16)13(18)15-11-5-3-2-4-6-11/h2-6,10H,7-9H2,1H3,(H,14,17)(H,15,18)/p+1/t10-/m1/s1. The van der Waals surface area contributed by atoms with Crippen LogP contribution in [-0.4, -0.2) is 37.5 Å². The largest absolute Gasteiger partial charge is 0.346 e. The third kappa shape index (κ3) is 3.07. The molecule has 0 saturated carbocycles. The Morgan fingerprint density at radius 2 is 2.11 bits per heavy atom. The van der Waals surface area contributed by atoms with E-state index in [-0.39, 0.29) is 17.9 Å². The van der Waals surface area contributed by atoms with Crippen molar-refractivity contribution in [1.29, 1.82) is 0 Å². The molecule has 0 bridgehead atoms. The van der Waals surface area contributed by atoms with Crippen molar-refractivity contribution in [3.8, 4) is 0 Å². The Kier molecular flexibility index (Phi) is 3.94. The van der Waals surface area contributed by atoms with E-state index >= 15 is 0 Å². The van der Waals surface area contributed by atoms with Gasteiger partial charge in [-0.3, -0.25) is 9.59 Å². The van der Waals surface area contributed by atoms with Crippen LogP contribution in [0.5, 0.6) is 0 Å². The van der Waals surface area contributed by atoms with Gasteiger partial charge in [0.05, 0.1) is 13.1 Å². The van der Waals surface area contributed by atoms with Gasteiger partial charge in [-0.2, -0.15) is 0 Å². The Hall–Kier alpha value is -1.88. The summed E-state index contributed by atoms with van der Waals surface area (Å²) in [4.78, 5) is 24.4. The fourth-order valence-corrected chi connectivity index (χ4v) is 2.05. The fourth-order valence-electron chi connectivity index (χ4n) is 2.05. The van der Waals surface area contributed by atoms with E-state index in [4.69, 9.17) is 0 Å². The van der Waals surface area contributed by atoms with Crippen molar-refractivity contribution in [3.05, 3.63) is 30.3 Å². The molecule has 1 saturated heterocycles. The smallest absolute Gasteiger partial charge is 0.282 e. The van der Waals surface area contributed by atoms with E-state index in [1.54, 1.807) is 0 Å². The zero-order valence-electron chi connectivity index (χ0n) is 10.4. The molecule has 3 N–H and O–H groups in total. The number of carbonyl (C=O) groups excluding carboxylic acids is 2. The van der Waals surface area contributed by atoms with Gasteiger partial charge in [0, 0.05) is 5.69 Å². The van der Waals surface area contributed by atoms with E-state index in [0.717, 1.165) is 17.1 Å². The minimum atomic E-state index is -0.226. The Labute approximate surface area is 106 Å². The molecule has 1 aliphatic rings. The van der Waals surface area contributed by atoms with Crippen molar-refractivity contribution in [2.75, 3.05) is 25.0 Å². The maximum absolute atomic E-state index is 12.1. The van der Waals surface area contributed by atoms with Crippen LogP contribution in [0.15, 0.2) is 30.3 Å². The molecule has 2 amide bonds. The van der Waals surface area contributed by atoms with Crippen molar-refractivity contribution in [1.82, 2.24) is 5.32 Å². The van der Waals surface area contributed by atoms with Gasteiger partial charge in [0.15, 0.2) is 12.6 Å². The van der Waals surface area contributed by atoms with Crippen LogP contribution in [0.1, 0.15) is 6.92 Å². The third-order valence-electron chi connectivity index (χ3n) is 3.20. The maximum Gasteiger partial charge on any atom is 0.282 e. The lowest BCUT2D eigenvalue weighted by molar-refractivity contribution is -0.907. The third-order valence-corrected chi connectivity index (χ3v) is 3.20. The molecule has 96 valence electrons. The fraction of sp³-hybridized carbons (Fsp3) is 0.385. The summed E-state index contributed by atoms with van der Waals surface area (Å²) in [5.74, 6) is -0.0403. The summed E-state index contributed by atoms with van der Waals surface area (Å²) in [5, 5.41) is 5.63. The minimum absolute atomic E-state index is 0.00983. The molecular formula is C13H18N3O2+. The Morgan fingerprint density at radius 1 is 1.39 bits per heavy atom. The molecule has 1 unspecified atom stereocenters. The van der Waals surface area contributed by atoms with Crippen molar-refractivity contribution >= 4 is 17.5 Å². The molecule has 0 aliphatic carbocycles. The summed E-state index contributed by atoms with van der Waals surface area (Å²) in [6, 6.07) is 9.13. The number of hydrogen-bond donors (Lipinski definition) is 3. The highest BCUT2D eigenvalue weighted by Crippen LogP contribution is 2.04. The van der Waals surface area contributed by atoms with Gasteiger partial charge < -0.3 is 15.5 Å². The first-order chi connectivity index (χ1) is 8.66. The van der Waals surface area contributed by atoms with Crippen LogP contribution in [0.2, 0.25) is 0 Å². The summed E-state index contributed by atoms with van der Waals surface area (Å²) in [6.45, 7) is 3.64. The van der Waals surface area contributed by atoms with Crippen molar-refractivity contribution in [3.63, 3.8) is 0 Å². The molecule has 1 aromatic carbocycles. The summed E-state index contributed by atoms with van der Waals surface area (Å²) < 4.78 is 0. The van der Waals surface area contributed by atoms with Crippen LogP contribution in [0, 0.1) is 0 Å². The average molecular weight is 248 g/mol. The highest BCUT2D eigenvalue weighted by Gasteiger charge is 2.29. The van der Waals surface area contributed by atoms with Crippen molar-refractivity contribution in [2.24, 2.45) is 0 Å². The van der Waals surface area contributed by atoms with Crippen molar-refractivity contribution in [2.45, 2.75) is 13.0 Å². The molecule has 1 aromatic rings. The highest BCUT2D eigenvalue weighted by molar-refractivity contribution is 5.93. The van der Waals surface area contributed by atoms with Gasteiger partial charge >= 0.3 is 0 Å². The van der Waals surface area contributed by atoms with E-state index in [9.17, 15) is 9.59 Å². The quantitative estimate of drug-likeness (QED) is 0.644. The number of anilines is 1. The lowest BCUT2D eigenvalue weighted by Crippen LogP contribution is -3.19. The zero-order chi connectivity index (χ0) is 13.0. The molecule has 0 radical (unpaired) electrons. The SMILES string of the molecule is C[C@H](C(=O)Nc1ccccc1)[NH+]1CCNC(=O)C1. The van der Waals surface area contributed by atoms with Crippen LogP contribution < -0.4 is 15.5 Å². The summed E-state index contributed by atoms with van der Waals surface area (Å²) in [6.07, 6.45) is 0. The topological polar surface area (TPSA) is 62.6 Å². The number of para-hydroxylation sites is 1. The van der Waals surface area contributed by atoms with Gasteiger partial charge in [-0.05, 0) is 19.1 Å². The highest BCUT2D eigenvalue weighted by atomic mass is 16.2. The number of nitrogens with one attached hydrogen (secondary N) is 3. The molecule has 18 heavy (non-hydrogen) atoms. The van der Waals surface area contributed by atoms with Crippen LogP contribution in [0.25, 0.3) is 0 Å². The number of rotatable bonds is 3. The maximum atomic E-state index is 12.1. The van der Waals surface area contributed by atoms with E-state index in [2.05, 4.69) is 10.6 Å². The first-order valence-electron chi connectivity index (χ1n) is 6.14. The molecule has 1 fully saturated rings. The summed E-state index contributed by atoms with van der Waals surface area (Å²) in [5.41, 5.74) is 0.787. The molecule has 1 aliphatic heterocycles. The normalized spacial score (nSPS) is 20.9. The Bertz CT molecular complexity index is 433. The summed E-state index contributed by atoms with van der Waals surface area (Å²) >= 11 is 0. The molecular weight excluding hydrogens is 230 g/mol. The predicted octanol–water partition coefficient (Wildman–Crippen LogP) is -0.972. The van der Waals surface area contributed by atoms with E-state index in [0.29, 0.717) is 13.1 Å². The van der Waals surface area contributed by atoms with Gasteiger partial charge in [0.1, 0.15) is 0 Å². The van der Waals surface area contributed by atoms with Crippen LogP contribution >= 0.6 is 0 Å². The average Bonchev–Trinajstić information content (AvgIpc) is 2.39. The van der Waals surface area contributed by atoms with E-state index in [1.165, 1.54) is 0 Å². The lowest BCUT2D eigenvalue weighted by atomic mass is 10.2. The van der Waals surface area contributed by atoms with E-state index in [1.807, 2.05) is 37.3 Å². The molecule has 1 heterocycles. The number of amides is 2. The van der Waals surface area contributed by atoms with Gasteiger partial charge in [-0.15, -0.1) is 0 Å². The number of quaternary nitrogens is 1. The number of hydrogen-bond acceptors (Lipinski definition) is 2. The number of benzene rings is 1. The number of piperazine rings is 1. The lowest BCUT2D eigenvalue weighted by Gasteiger charge is -2.28. The second kappa shape index (κ2) is 5.64. The molecule has 2 rings (SSSR count). The second-order valence-electron chi connectivity index (χ2n) is 4.51. The molecule has 0 spiro atoms. The minimum Gasteiger partial charge on any atom is -0.346 e. The van der Waals surface area contributed by atoms with Gasteiger partial charge in [0.25, 0.3) is 11.8 Å². The summed E-state index contributed by atoms with van der Waals surface area (Å²) in [7, 11) is 0. The second-order valence-corrected chi connectivity index (χ2v) is 4.51. The van der Waals surface area contributed by atoms with Crippen LogP contribution in [0.4, 0.5) is 5.69 Å². The van der Waals surface area contributed by atoms with E-state index < -0.39 is 0 Å². The van der Waals surface area contributed by atoms with Gasteiger partial charge in [0.2, 0.25) is 0 Å². The van der Waals surface area contributed by atoms with Crippen molar-refractivity contribution < 1.29 is 14.5 Å². The molecule has 2 atom stereocenters. The number of carbonyl (C=O) groups is 2.